The van der Waals surface area contributed by atoms with Gasteiger partial charge < -0.3 is 19.7 Å². The highest BCUT2D eigenvalue weighted by Crippen LogP contribution is 2.22. The number of hydrogen-bond donors (Lipinski definition) is 1. The molecule has 0 fully saturated rings. The number of carbonyl (C=O) groups excluding carboxylic acids is 3. The Balaban J connectivity index is 1.92. The first-order valence-electron chi connectivity index (χ1n) is 9.08. The van der Waals surface area contributed by atoms with Crippen molar-refractivity contribution in [2.75, 3.05) is 26.2 Å². The number of nitrogens with one attached hydrogen (secondary N) is 1. The van der Waals surface area contributed by atoms with Gasteiger partial charge in [0.15, 0.2) is 6.61 Å². The van der Waals surface area contributed by atoms with E-state index in [-0.39, 0.29) is 18.0 Å². The zero-order valence-electron chi connectivity index (χ0n) is 16.0. The van der Waals surface area contributed by atoms with Gasteiger partial charge in [-0.2, -0.15) is 0 Å². The molecule has 0 spiro atoms. The van der Waals surface area contributed by atoms with Crippen LogP contribution in [0, 0.1) is 0 Å². The van der Waals surface area contributed by atoms with Crippen molar-refractivity contribution >= 4 is 17.8 Å². The molecule has 0 saturated heterocycles. The molecule has 7 heteroatoms. The molecule has 0 aliphatic carbocycles. The highest BCUT2D eigenvalue weighted by Gasteiger charge is 2.18. The summed E-state index contributed by atoms with van der Waals surface area (Å²) in [5.41, 5.74) is 0.271. The quantitative estimate of drug-likeness (QED) is 0.672. The standard InChI is InChI=1S/C21H24N2O5/c1-3-22-19(24)14-23(4-2)20(25)15-27-21(26)16-9-8-12-18(13-16)28-17-10-6-5-7-11-17/h5-13H,3-4,14-15H2,1-2H3,(H,22,24). The van der Waals surface area contributed by atoms with Gasteiger partial charge in [0.25, 0.3) is 5.91 Å². The Hall–Kier alpha value is -3.35. The largest absolute Gasteiger partial charge is 0.457 e. The van der Waals surface area contributed by atoms with Crippen LogP contribution in [0.3, 0.4) is 0 Å². The molecule has 0 heterocycles. The van der Waals surface area contributed by atoms with Crippen molar-refractivity contribution < 1.29 is 23.9 Å². The molecule has 0 atom stereocenters. The molecule has 0 radical (unpaired) electrons. The lowest BCUT2D eigenvalue weighted by Gasteiger charge is -2.20. The zero-order chi connectivity index (χ0) is 20.4. The molecule has 0 aliphatic heterocycles. The third-order valence-electron chi connectivity index (χ3n) is 3.82. The second-order valence-corrected chi connectivity index (χ2v) is 5.88. The van der Waals surface area contributed by atoms with Crippen LogP contribution in [0.5, 0.6) is 11.5 Å². The molecule has 0 saturated carbocycles. The molecule has 0 aliphatic rings. The summed E-state index contributed by atoms with van der Waals surface area (Å²) in [5, 5.41) is 2.63. The van der Waals surface area contributed by atoms with Crippen molar-refractivity contribution in [3.05, 3.63) is 60.2 Å². The van der Waals surface area contributed by atoms with Crippen LogP contribution < -0.4 is 10.1 Å². The number of benzene rings is 2. The van der Waals surface area contributed by atoms with E-state index in [0.29, 0.717) is 24.6 Å². The normalized spacial score (nSPS) is 10.1. The lowest BCUT2D eigenvalue weighted by Crippen LogP contribution is -2.42. The predicted molar refractivity (Wildman–Crippen MR) is 104 cm³/mol. The summed E-state index contributed by atoms with van der Waals surface area (Å²) in [4.78, 5) is 37.4. The van der Waals surface area contributed by atoms with Crippen LogP contribution in [0.15, 0.2) is 54.6 Å². The van der Waals surface area contributed by atoms with Gasteiger partial charge in [-0.05, 0) is 44.2 Å². The fraction of sp³-hybridized carbons (Fsp3) is 0.286. The van der Waals surface area contributed by atoms with E-state index in [2.05, 4.69) is 5.32 Å². The van der Waals surface area contributed by atoms with E-state index in [1.165, 1.54) is 4.90 Å². The van der Waals surface area contributed by atoms with E-state index >= 15 is 0 Å². The minimum Gasteiger partial charge on any atom is -0.457 e. The maximum atomic E-state index is 12.3. The fourth-order valence-electron chi connectivity index (χ4n) is 2.42. The number of nitrogens with zero attached hydrogens (tertiary/aromatic N) is 1. The topological polar surface area (TPSA) is 84.9 Å². The van der Waals surface area contributed by atoms with Gasteiger partial charge in [-0.1, -0.05) is 24.3 Å². The SMILES string of the molecule is CCNC(=O)CN(CC)C(=O)COC(=O)c1cccc(Oc2ccccc2)c1. The van der Waals surface area contributed by atoms with Gasteiger partial charge in [-0.15, -0.1) is 0 Å². The number of likely N-dealkylation sites (N-methyl/N-ethyl adjacent to an activating group) is 2. The van der Waals surface area contributed by atoms with Crippen molar-refractivity contribution in [2.24, 2.45) is 0 Å². The molecule has 28 heavy (non-hydrogen) atoms. The monoisotopic (exact) mass is 384 g/mol. The van der Waals surface area contributed by atoms with Gasteiger partial charge in [0.1, 0.15) is 11.5 Å². The molecule has 0 unspecified atom stereocenters. The third kappa shape index (κ3) is 6.42. The van der Waals surface area contributed by atoms with Crippen LogP contribution in [-0.2, 0) is 14.3 Å². The lowest BCUT2D eigenvalue weighted by atomic mass is 10.2. The molecule has 7 nitrogen and oxygen atoms in total. The van der Waals surface area contributed by atoms with Crippen LogP contribution in [0.1, 0.15) is 24.2 Å². The molecule has 2 rings (SSSR count). The van der Waals surface area contributed by atoms with Gasteiger partial charge in [-0.25, -0.2) is 4.79 Å². The van der Waals surface area contributed by atoms with Gasteiger partial charge in [-0.3, -0.25) is 9.59 Å². The van der Waals surface area contributed by atoms with Crippen LogP contribution in [-0.4, -0.2) is 48.9 Å². The molecule has 2 aromatic carbocycles. The van der Waals surface area contributed by atoms with Crippen LogP contribution in [0.25, 0.3) is 0 Å². The summed E-state index contributed by atoms with van der Waals surface area (Å²) in [5.74, 6) is -0.194. The van der Waals surface area contributed by atoms with Gasteiger partial charge in [0.05, 0.1) is 12.1 Å². The second-order valence-electron chi connectivity index (χ2n) is 5.88. The van der Waals surface area contributed by atoms with E-state index in [1.807, 2.05) is 18.2 Å². The number of para-hydroxylation sites is 1. The average molecular weight is 384 g/mol. The van der Waals surface area contributed by atoms with Gasteiger partial charge >= 0.3 is 5.97 Å². The van der Waals surface area contributed by atoms with Crippen molar-refractivity contribution in [1.29, 1.82) is 0 Å². The molecule has 148 valence electrons. The molecule has 0 aromatic heterocycles. The molecular formula is C21H24N2O5. The molecule has 2 aromatic rings. The van der Waals surface area contributed by atoms with Crippen molar-refractivity contribution in [3.8, 4) is 11.5 Å². The molecular weight excluding hydrogens is 360 g/mol. The maximum Gasteiger partial charge on any atom is 0.338 e. The Morgan fingerprint density at radius 3 is 2.36 bits per heavy atom. The number of esters is 1. The van der Waals surface area contributed by atoms with E-state index in [0.717, 1.165) is 0 Å². The zero-order valence-corrected chi connectivity index (χ0v) is 16.0. The minimum absolute atomic E-state index is 0.0683. The maximum absolute atomic E-state index is 12.3. The summed E-state index contributed by atoms with van der Waals surface area (Å²) in [6.45, 7) is 3.88. The van der Waals surface area contributed by atoms with E-state index in [1.54, 1.807) is 50.2 Å². The first-order chi connectivity index (χ1) is 13.5. The number of hydrogen-bond acceptors (Lipinski definition) is 5. The van der Waals surface area contributed by atoms with E-state index in [4.69, 9.17) is 9.47 Å². The van der Waals surface area contributed by atoms with E-state index < -0.39 is 18.5 Å². The van der Waals surface area contributed by atoms with Crippen LogP contribution >= 0.6 is 0 Å². The molecule has 1 N–H and O–H groups in total. The minimum atomic E-state index is -0.638. The summed E-state index contributed by atoms with van der Waals surface area (Å²) in [7, 11) is 0. The number of carbonyl (C=O) groups is 3. The lowest BCUT2D eigenvalue weighted by molar-refractivity contribution is -0.138. The summed E-state index contributed by atoms with van der Waals surface area (Å²) >= 11 is 0. The Labute approximate surface area is 164 Å². The first-order valence-corrected chi connectivity index (χ1v) is 9.08. The Bertz CT molecular complexity index is 807. The van der Waals surface area contributed by atoms with Gasteiger partial charge in [0, 0.05) is 13.1 Å². The molecule has 2 amide bonds. The van der Waals surface area contributed by atoms with Crippen LogP contribution in [0.2, 0.25) is 0 Å². The fourth-order valence-corrected chi connectivity index (χ4v) is 2.42. The number of ether oxygens (including phenoxy) is 2. The predicted octanol–water partition coefficient (Wildman–Crippen LogP) is 2.62. The smallest absolute Gasteiger partial charge is 0.338 e. The summed E-state index contributed by atoms with van der Waals surface area (Å²) in [6.07, 6.45) is 0. The Kier molecular flexibility index (Phi) is 8.02. The average Bonchev–Trinajstić information content (AvgIpc) is 2.71. The summed E-state index contributed by atoms with van der Waals surface area (Å²) < 4.78 is 10.8. The first kappa shape index (κ1) is 21.0. The van der Waals surface area contributed by atoms with E-state index in [9.17, 15) is 14.4 Å². The second kappa shape index (κ2) is 10.7. The van der Waals surface area contributed by atoms with Crippen molar-refractivity contribution in [3.63, 3.8) is 0 Å². The highest BCUT2D eigenvalue weighted by atomic mass is 16.5. The Morgan fingerprint density at radius 1 is 0.964 bits per heavy atom. The third-order valence-corrected chi connectivity index (χ3v) is 3.82. The Morgan fingerprint density at radius 2 is 1.68 bits per heavy atom. The van der Waals surface area contributed by atoms with Crippen molar-refractivity contribution in [2.45, 2.75) is 13.8 Å². The van der Waals surface area contributed by atoms with Crippen molar-refractivity contribution in [1.82, 2.24) is 10.2 Å². The summed E-state index contributed by atoms with van der Waals surface area (Å²) in [6, 6.07) is 15.7. The van der Waals surface area contributed by atoms with Gasteiger partial charge in [0.2, 0.25) is 5.91 Å². The number of rotatable bonds is 9. The highest BCUT2D eigenvalue weighted by molar-refractivity contribution is 5.92. The number of amides is 2. The van der Waals surface area contributed by atoms with Crippen LogP contribution in [0.4, 0.5) is 0 Å². The molecule has 0 bridgehead atoms.